The van der Waals surface area contributed by atoms with Gasteiger partial charge in [-0.3, -0.25) is 14.4 Å². The van der Waals surface area contributed by atoms with Crippen molar-refractivity contribution in [2.24, 2.45) is 0 Å². The second kappa shape index (κ2) is 22.5. The largest absolute Gasteiger partial charge is 1.00 e. The van der Waals surface area contributed by atoms with Crippen LogP contribution in [0.25, 0.3) is 11.1 Å². The Kier molecular flexibility index (Phi) is 20.5. The molecule has 49 heavy (non-hydrogen) atoms. The number of esters is 2. The fourth-order valence-corrected chi connectivity index (χ4v) is 4.54. The number of ketones is 1. The van der Waals surface area contributed by atoms with Gasteiger partial charge < -0.3 is 21.0 Å². The smallest absolute Gasteiger partial charge is 1.00 e. The van der Waals surface area contributed by atoms with Crippen molar-refractivity contribution in [1.82, 2.24) is 0 Å². The first-order chi connectivity index (χ1) is 22.5. The van der Waals surface area contributed by atoms with Crippen LogP contribution in [-0.4, -0.2) is 36.4 Å². The minimum Gasteiger partial charge on any atom is -1.00 e. The predicted molar refractivity (Wildman–Crippen MR) is 160 cm³/mol. The number of hydrogen-bond acceptors (Lipinski definition) is 8. The molecule has 1 aliphatic heterocycles. The Balaban J connectivity index is 0.000000823. The first kappa shape index (κ1) is 44.7. The van der Waals surface area contributed by atoms with Crippen LogP contribution in [0.2, 0.25) is 0 Å². The van der Waals surface area contributed by atoms with E-state index in [2.05, 4.69) is 4.89 Å². The molecule has 0 aliphatic carbocycles. The molecule has 14 heteroatoms. The van der Waals surface area contributed by atoms with Crippen molar-refractivity contribution in [2.75, 3.05) is 0 Å². The normalized spacial score (nSPS) is 13.4. The van der Waals surface area contributed by atoms with E-state index < -0.39 is 53.8 Å². The molecule has 0 saturated carbocycles. The Morgan fingerprint density at radius 2 is 1.31 bits per heavy atom. The minimum atomic E-state index is -1.02. The van der Waals surface area contributed by atoms with Gasteiger partial charge in [0.05, 0.1) is 17.6 Å². The Morgan fingerprint density at radius 3 is 1.80 bits per heavy atom. The van der Waals surface area contributed by atoms with Gasteiger partial charge in [-0.25, -0.2) is 22.4 Å². The molecule has 4 aromatic carbocycles. The van der Waals surface area contributed by atoms with Gasteiger partial charge in [0.25, 0.3) is 6.47 Å². The number of hydrogen-bond donors (Lipinski definition) is 0. The number of carbonyl (C=O) groups excluding carboxylic acids is 4. The van der Waals surface area contributed by atoms with Crippen LogP contribution in [0.3, 0.4) is 0 Å². The zero-order chi connectivity index (χ0) is 34.5. The van der Waals surface area contributed by atoms with Gasteiger partial charge in [-0.2, -0.15) is 0 Å². The predicted octanol–water partition coefficient (Wildman–Crippen LogP) is -0.302. The van der Waals surface area contributed by atoms with E-state index in [0.29, 0.717) is 16.7 Å². The maximum atomic E-state index is 14.0. The second-order valence-electron chi connectivity index (χ2n) is 9.73. The van der Waals surface area contributed by atoms with Crippen molar-refractivity contribution in [2.45, 2.75) is 32.5 Å². The molecule has 1 heterocycles. The first-order valence-electron chi connectivity index (χ1n) is 13.9. The second-order valence-corrected chi connectivity index (χ2v) is 9.73. The van der Waals surface area contributed by atoms with Gasteiger partial charge in [-0.05, 0) is 43.7 Å². The summed E-state index contributed by atoms with van der Waals surface area (Å²) in [6.07, 6.45) is -2.14. The molecular weight excluding hydrogens is 703 g/mol. The number of carbonyl (C=O) groups is 4. The SMILES string of the molecule is CC(OC(=O)Cc1c(F)cccc1F)C(=O)c1ccccc1.CC1OC(=O)C(c2c(F)cccc2F)=C1c1ccccc1.O=CO[O-].[H-].[K+].[K+]. The molecule has 0 fully saturated rings. The molecule has 2 atom stereocenters. The fourth-order valence-electron chi connectivity index (χ4n) is 4.54. The van der Waals surface area contributed by atoms with Gasteiger partial charge in [0.15, 0.2) is 6.10 Å². The van der Waals surface area contributed by atoms with E-state index in [-0.39, 0.29) is 133 Å². The van der Waals surface area contributed by atoms with Crippen molar-refractivity contribution in [3.8, 4) is 0 Å². The van der Waals surface area contributed by atoms with Crippen molar-refractivity contribution < 1.29 is 161 Å². The van der Waals surface area contributed by atoms with Gasteiger partial charge >= 0.3 is 115 Å². The summed E-state index contributed by atoms with van der Waals surface area (Å²) in [5.41, 5.74) is 0.889. The zero-order valence-electron chi connectivity index (χ0n) is 28.0. The molecule has 8 nitrogen and oxygen atoms in total. The maximum absolute atomic E-state index is 14.0. The topological polar surface area (TPSA) is 119 Å². The first-order valence-corrected chi connectivity index (χ1v) is 13.9. The monoisotopic (exact) mass is 730 g/mol. The molecule has 0 N–H and O–H groups in total. The third-order valence-corrected chi connectivity index (χ3v) is 6.62. The number of halogens is 4. The molecule has 246 valence electrons. The number of benzene rings is 4. The summed E-state index contributed by atoms with van der Waals surface area (Å²) in [4.78, 5) is 47.1. The molecule has 2 unspecified atom stereocenters. The number of ether oxygens (including phenoxy) is 2. The van der Waals surface area contributed by atoms with Crippen molar-refractivity contribution in [3.63, 3.8) is 0 Å². The molecule has 0 spiro atoms. The summed E-state index contributed by atoms with van der Waals surface area (Å²) < 4.78 is 65.1. The standard InChI is InChI=1S/C17H14F2O3.C17H12F2O2.CH2O3.2K.H/c1-11(17(21)12-6-3-2-4-7-12)22-16(20)10-13-14(18)8-5-9-15(13)19;1-10-14(11-6-3-2-4-7-11)16(17(20)21-10)15-12(18)8-5-9-13(15)19;2-1-4-3;;;/h2-9,11H,10H2,1H3;2-10H,1H3;1,3H;;;/q;;;2*+1;-1/p-1. The average molecular weight is 731 g/mol. The van der Waals surface area contributed by atoms with E-state index in [1.165, 1.54) is 19.1 Å². The Bertz CT molecular complexity index is 1720. The van der Waals surface area contributed by atoms with Gasteiger partial charge in [-0.1, -0.05) is 72.8 Å². The third kappa shape index (κ3) is 12.7. The Hall–Kier alpha value is -2.35. The van der Waals surface area contributed by atoms with Crippen LogP contribution >= 0.6 is 0 Å². The van der Waals surface area contributed by atoms with E-state index in [0.717, 1.165) is 24.3 Å². The summed E-state index contributed by atoms with van der Waals surface area (Å²) >= 11 is 0. The summed E-state index contributed by atoms with van der Waals surface area (Å²) in [7, 11) is 0. The van der Waals surface area contributed by atoms with Crippen LogP contribution in [0.5, 0.6) is 0 Å². The number of Topliss-reactive ketones (excluding diaryl/α,β-unsaturated/α-hetero) is 1. The van der Waals surface area contributed by atoms with Gasteiger partial charge in [0, 0.05) is 16.7 Å². The molecule has 4 aromatic rings. The van der Waals surface area contributed by atoms with Crippen LogP contribution in [0, 0.1) is 23.3 Å². The Morgan fingerprint density at radius 1 is 0.837 bits per heavy atom. The zero-order valence-corrected chi connectivity index (χ0v) is 33.2. The molecule has 5 rings (SSSR count). The quantitative estimate of drug-likeness (QED) is 0.0462. The summed E-state index contributed by atoms with van der Waals surface area (Å²) in [5, 5.41) is 8.43. The van der Waals surface area contributed by atoms with E-state index in [1.807, 2.05) is 6.07 Å². The van der Waals surface area contributed by atoms with Crippen LogP contribution < -0.4 is 108 Å². The molecule has 0 aromatic heterocycles. The summed E-state index contributed by atoms with van der Waals surface area (Å²) in [5.74, 6) is -5.12. The van der Waals surface area contributed by atoms with Crippen LogP contribution in [0.4, 0.5) is 17.6 Å². The van der Waals surface area contributed by atoms with Gasteiger partial charge in [-0.15, -0.1) is 0 Å². The summed E-state index contributed by atoms with van der Waals surface area (Å²) in [6, 6.07) is 24.2. The van der Waals surface area contributed by atoms with Gasteiger partial charge in [0.2, 0.25) is 5.78 Å². The van der Waals surface area contributed by atoms with E-state index >= 15 is 0 Å². The minimum absolute atomic E-state index is 0. The third-order valence-electron chi connectivity index (χ3n) is 6.62. The molecule has 0 saturated heterocycles. The number of cyclic esters (lactones) is 1. The maximum Gasteiger partial charge on any atom is 1.00 e. The van der Waals surface area contributed by atoms with Crippen LogP contribution in [0.15, 0.2) is 97.1 Å². The molecular formula is C35H28F4K2O8. The van der Waals surface area contributed by atoms with E-state index in [4.69, 9.17) is 19.5 Å². The number of rotatable bonds is 8. The molecule has 0 amide bonds. The molecule has 0 bridgehead atoms. The van der Waals surface area contributed by atoms with Crippen molar-refractivity contribution in [3.05, 3.63) is 143 Å². The van der Waals surface area contributed by atoms with Crippen molar-refractivity contribution >= 4 is 35.3 Å². The van der Waals surface area contributed by atoms with E-state index in [1.54, 1.807) is 61.5 Å². The van der Waals surface area contributed by atoms with Crippen molar-refractivity contribution in [1.29, 1.82) is 0 Å². The van der Waals surface area contributed by atoms with Crippen LogP contribution in [0.1, 0.15) is 42.3 Å². The van der Waals surface area contributed by atoms with Gasteiger partial charge in [0.1, 0.15) is 29.4 Å². The van der Waals surface area contributed by atoms with Crippen LogP contribution in [-0.2, 0) is 35.2 Å². The van der Waals surface area contributed by atoms with E-state index in [9.17, 15) is 31.9 Å². The summed E-state index contributed by atoms with van der Waals surface area (Å²) in [6.45, 7) is 2.93. The average Bonchev–Trinajstić information content (AvgIpc) is 3.36. The molecule has 0 radical (unpaired) electrons. The molecule has 1 aliphatic rings. The Labute approximate surface area is 366 Å². The fraction of sp³-hybridized carbons (Fsp3) is 0.143.